The Morgan fingerprint density at radius 2 is 2.13 bits per heavy atom. The molecule has 1 N–H and O–H groups in total. The maximum absolute atomic E-state index is 12.7. The highest BCUT2D eigenvalue weighted by molar-refractivity contribution is 7.11. The van der Waals surface area contributed by atoms with Gasteiger partial charge in [0.25, 0.3) is 5.91 Å². The fraction of sp³-hybridized carbons (Fsp3) is 0.333. The number of hydrogen-bond acceptors (Lipinski definition) is 5. The summed E-state index contributed by atoms with van der Waals surface area (Å²) in [6.07, 6.45) is 1.51. The van der Waals surface area contributed by atoms with Gasteiger partial charge in [-0.3, -0.25) is 4.79 Å². The van der Waals surface area contributed by atoms with Crippen LogP contribution in [-0.4, -0.2) is 37.4 Å². The first kappa shape index (κ1) is 15.4. The second-order valence-electron chi connectivity index (χ2n) is 5.45. The maximum Gasteiger partial charge on any atom is 0.347 e. The van der Waals surface area contributed by atoms with E-state index in [1.807, 2.05) is 20.8 Å². The number of hydrogen-bond donors (Lipinski definition) is 1. The molecule has 0 saturated heterocycles. The topological polar surface area (TPSA) is 83.4 Å². The van der Waals surface area contributed by atoms with E-state index in [0.29, 0.717) is 11.2 Å². The maximum atomic E-state index is 12.7. The molecule has 0 aliphatic rings. The van der Waals surface area contributed by atoms with Crippen LogP contribution < -0.4 is 5.69 Å². The van der Waals surface area contributed by atoms with Crippen LogP contribution in [0.4, 0.5) is 0 Å². The molecule has 7 nitrogen and oxygen atoms in total. The van der Waals surface area contributed by atoms with Crippen LogP contribution >= 0.6 is 11.3 Å². The number of carbonyl (C=O) groups is 1. The van der Waals surface area contributed by atoms with Crippen molar-refractivity contribution < 1.29 is 4.79 Å². The lowest BCUT2D eigenvalue weighted by molar-refractivity contribution is 0.0744. The van der Waals surface area contributed by atoms with E-state index in [2.05, 4.69) is 15.2 Å². The van der Waals surface area contributed by atoms with Gasteiger partial charge in [0, 0.05) is 18.1 Å². The highest BCUT2D eigenvalue weighted by atomic mass is 32.1. The highest BCUT2D eigenvalue weighted by Gasteiger charge is 2.23. The fourth-order valence-corrected chi connectivity index (χ4v) is 3.55. The zero-order valence-corrected chi connectivity index (χ0v) is 14.1. The average Bonchev–Trinajstić information content (AvgIpc) is 3.07. The molecule has 0 radical (unpaired) electrons. The molecule has 3 rings (SSSR count). The number of carbonyl (C=O) groups excluding carboxylic acids is 1. The van der Waals surface area contributed by atoms with Crippen molar-refractivity contribution in [2.45, 2.75) is 26.8 Å². The largest absolute Gasteiger partial charge is 0.347 e. The summed E-state index contributed by atoms with van der Waals surface area (Å²) in [5.74, 6) is -0.155. The van der Waals surface area contributed by atoms with Gasteiger partial charge >= 0.3 is 5.69 Å². The van der Waals surface area contributed by atoms with Crippen molar-refractivity contribution in [2.75, 3.05) is 7.05 Å². The van der Waals surface area contributed by atoms with Crippen molar-refractivity contribution in [2.24, 2.45) is 0 Å². The standard InChI is InChI=1S/C15H17N5O2S/c1-8-13(23-10(3)16-8)9(2)19(4)14(21)11-5-6-12-17-18-15(22)20(12)7-11/h5-7,9H,1-4H3,(H,18,22). The minimum absolute atomic E-state index is 0.0922. The molecule has 0 aliphatic heterocycles. The number of rotatable bonds is 3. The van der Waals surface area contributed by atoms with E-state index < -0.39 is 0 Å². The lowest BCUT2D eigenvalue weighted by atomic mass is 10.2. The number of amides is 1. The summed E-state index contributed by atoms with van der Waals surface area (Å²) in [6.45, 7) is 5.88. The van der Waals surface area contributed by atoms with Crippen LogP contribution in [0.15, 0.2) is 23.1 Å². The first-order valence-electron chi connectivity index (χ1n) is 7.16. The van der Waals surface area contributed by atoms with Gasteiger partial charge in [0.15, 0.2) is 5.65 Å². The third-order valence-corrected chi connectivity index (χ3v) is 5.12. The molecular weight excluding hydrogens is 314 g/mol. The molecule has 0 aliphatic carbocycles. The molecule has 120 valence electrons. The summed E-state index contributed by atoms with van der Waals surface area (Å²) >= 11 is 1.59. The Bertz CT molecular complexity index is 939. The molecule has 0 fully saturated rings. The Morgan fingerprint density at radius 3 is 2.78 bits per heavy atom. The van der Waals surface area contributed by atoms with Gasteiger partial charge in [-0.1, -0.05) is 0 Å². The van der Waals surface area contributed by atoms with Crippen LogP contribution in [-0.2, 0) is 0 Å². The number of aromatic amines is 1. The molecule has 3 aromatic heterocycles. The number of aryl methyl sites for hydroxylation is 2. The number of H-pyrrole nitrogens is 1. The van der Waals surface area contributed by atoms with Crippen LogP contribution in [0.1, 0.15) is 38.9 Å². The van der Waals surface area contributed by atoms with Crippen molar-refractivity contribution in [1.82, 2.24) is 24.5 Å². The van der Waals surface area contributed by atoms with Gasteiger partial charge in [-0.2, -0.15) is 5.10 Å². The summed E-state index contributed by atoms with van der Waals surface area (Å²) < 4.78 is 1.33. The highest BCUT2D eigenvalue weighted by Crippen LogP contribution is 2.29. The third-order valence-electron chi connectivity index (χ3n) is 3.88. The third kappa shape index (κ3) is 2.65. The molecule has 3 aromatic rings. The zero-order valence-electron chi connectivity index (χ0n) is 13.3. The summed E-state index contributed by atoms with van der Waals surface area (Å²) in [4.78, 5) is 31.5. The molecule has 1 amide bonds. The first-order valence-corrected chi connectivity index (χ1v) is 7.98. The van der Waals surface area contributed by atoms with E-state index in [9.17, 15) is 9.59 Å². The molecule has 0 bridgehead atoms. The predicted octanol–water partition coefficient (Wildman–Crippen LogP) is 1.93. The SMILES string of the molecule is Cc1nc(C)c(C(C)N(C)C(=O)c2ccc3n[nH]c(=O)n3c2)s1. The van der Waals surface area contributed by atoms with E-state index in [1.54, 1.807) is 35.4 Å². The van der Waals surface area contributed by atoms with Gasteiger partial charge in [0.1, 0.15) is 0 Å². The van der Waals surface area contributed by atoms with Crippen LogP contribution in [0.5, 0.6) is 0 Å². The number of pyridine rings is 1. The fourth-order valence-electron chi connectivity index (χ4n) is 2.52. The van der Waals surface area contributed by atoms with Gasteiger partial charge in [-0.05, 0) is 32.9 Å². The van der Waals surface area contributed by atoms with Gasteiger partial charge in [0.2, 0.25) is 0 Å². The van der Waals surface area contributed by atoms with Crippen LogP contribution in [0.3, 0.4) is 0 Å². The van der Waals surface area contributed by atoms with E-state index >= 15 is 0 Å². The number of thiazole rings is 1. The average molecular weight is 331 g/mol. The Balaban J connectivity index is 1.92. The quantitative estimate of drug-likeness (QED) is 0.795. The monoisotopic (exact) mass is 331 g/mol. The van der Waals surface area contributed by atoms with Gasteiger partial charge in [-0.15, -0.1) is 11.3 Å². The van der Waals surface area contributed by atoms with Gasteiger partial charge in [0.05, 0.1) is 22.3 Å². The first-order chi connectivity index (χ1) is 10.9. The van der Waals surface area contributed by atoms with Crippen molar-refractivity contribution in [3.8, 4) is 0 Å². The van der Waals surface area contributed by atoms with Gasteiger partial charge in [-0.25, -0.2) is 19.3 Å². The smallest absolute Gasteiger partial charge is 0.334 e. The van der Waals surface area contributed by atoms with Crippen molar-refractivity contribution in [3.05, 3.63) is 50.0 Å². The molecule has 1 unspecified atom stereocenters. The summed E-state index contributed by atoms with van der Waals surface area (Å²) in [6, 6.07) is 3.22. The normalized spacial score (nSPS) is 12.5. The molecule has 0 saturated carbocycles. The van der Waals surface area contributed by atoms with E-state index in [-0.39, 0.29) is 17.6 Å². The Hall–Kier alpha value is -2.48. The van der Waals surface area contributed by atoms with Crippen molar-refractivity contribution in [1.29, 1.82) is 0 Å². The Morgan fingerprint density at radius 1 is 1.39 bits per heavy atom. The Labute approximate surface area is 136 Å². The van der Waals surface area contributed by atoms with Crippen molar-refractivity contribution in [3.63, 3.8) is 0 Å². The van der Waals surface area contributed by atoms with Crippen molar-refractivity contribution >= 4 is 22.9 Å². The van der Waals surface area contributed by atoms with E-state index in [1.165, 1.54) is 10.6 Å². The Kier molecular flexibility index (Phi) is 3.77. The second-order valence-corrected chi connectivity index (χ2v) is 6.68. The second kappa shape index (κ2) is 5.62. The number of nitrogens with one attached hydrogen (secondary N) is 1. The van der Waals surface area contributed by atoms with Crippen LogP contribution in [0, 0.1) is 13.8 Å². The molecule has 8 heteroatoms. The summed E-state index contributed by atoms with van der Waals surface area (Å²) in [7, 11) is 1.75. The van der Waals surface area contributed by atoms with Crippen LogP contribution in [0.25, 0.3) is 5.65 Å². The molecule has 0 spiro atoms. The lowest BCUT2D eigenvalue weighted by Gasteiger charge is -2.24. The summed E-state index contributed by atoms with van der Waals surface area (Å²) in [5, 5.41) is 7.19. The van der Waals surface area contributed by atoms with Crippen LogP contribution in [0.2, 0.25) is 0 Å². The number of nitrogens with zero attached hydrogens (tertiary/aromatic N) is 4. The molecular formula is C15H17N5O2S. The minimum Gasteiger partial charge on any atom is -0.334 e. The van der Waals surface area contributed by atoms with E-state index in [4.69, 9.17) is 0 Å². The molecule has 23 heavy (non-hydrogen) atoms. The molecule has 1 atom stereocenters. The molecule has 0 aromatic carbocycles. The zero-order chi connectivity index (χ0) is 16.7. The molecule has 3 heterocycles. The van der Waals surface area contributed by atoms with Gasteiger partial charge < -0.3 is 4.90 Å². The number of aromatic nitrogens is 4. The van der Waals surface area contributed by atoms with E-state index in [0.717, 1.165) is 15.6 Å². The lowest BCUT2D eigenvalue weighted by Crippen LogP contribution is -2.30. The minimum atomic E-state index is -0.362. The summed E-state index contributed by atoms with van der Waals surface area (Å²) in [5.41, 5.74) is 1.51. The number of fused-ring (bicyclic) bond motifs is 1. The predicted molar refractivity (Wildman–Crippen MR) is 87.9 cm³/mol.